The quantitative estimate of drug-likeness (QED) is 0.789. The first-order chi connectivity index (χ1) is 9.18. The summed E-state index contributed by atoms with van der Waals surface area (Å²) in [5.74, 6) is 1.51. The van der Waals surface area contributed by atoms with Crippen LogP contribution >= 0.6 is 0 Å². The van der Waals surface area contributed by atoms with Crippen LogP contribution in [0.5, 0.6) is 0 Å². The van der Waals surface area contributed by atoms with Gasteiger partial charge in [0.25, 0.3) is 0 Å². The van der Waals surface area contributed by atoms with Crippen LogP contribution in [0.2, 0.25) is 0 Å². The van der Waals surface area contributed by atoms with E-state index >= 15 is 0 Å². The predicted molar refractivity (Wildman–Crippen MR) is 83.2 cm³/mol. The number of hydrogen-bond donors (Lipinski definition) is 1. The largest absolute Gasteiger partial charge is 0.307 e. The van der Waals surface area contributed by atoms with E-state index in [2.05, 4.69) is 56.4 Å². The fourth-order valence-corrected chi connectivity index (χ4v) is 3.39. The first-order valence-electron chi connectivity index (χ1n) is 7.99. The number of rotatable bonds is 5. The van der Waals surface area contributed by atoms with Crippen molar-refractivity contribution in [3.05, 3.63) is 35.9 Å². The first kappa shape index (κ1) is 14.6. The van der Waals surface area contributed by atoms with Crippen LogP contribution in [-0.4, -0.2) is 6.04 Å². The lowest BCUT2D eigenvalue weighted by Crippen LogP contribution is -2.39. The Balaban J connectivity index is 2.00. The van der Waals surface area contributed by atoms with Crippen LogP contribution in [0.15, 0.2) is 30.3 Å². The Morgan fingerprint density at radius 3 is 2.16 bits per heavy atom. The molecule has 2 rings (SSSR count). The summed E-state index contributed by atoms with van der Waals surface area (Å²) < 4.78 is 0. The van der Waals surface area contributed by atoms with Crippen LogP contribution in [0.25, 0.3) is 0 Å². The Hall–Kier alpha value is -0.820. The third-order valence-electron chi connectivity index (χ3n) is 4.62. The summed E-state index contributed by atoms with van der Waals surface area (Å²) in [6.07, 6.45) is 7.11. The zero-order valence-corrected chi connectivity index (χ0v) is 12.7. The minimum atomic E-state index is 0.484. The minimum absolute atomic E-state index is 0.484. The minimum Gasteiger partial charge on any atom is -0.307 e. The third-order valence-corrected chi connectivity index (χ3v) is 4.62. The van der Waals surface area contributed by atoms with E-state index < -0.39 is 0 Å². The molecule has 0 heterocycles. The summed E-state index contributed by atoms with van der Waals surface area (Å²) in [5, 5.41) is 3.90. The molecule has 1 aromatic rings. The summed E-state index contributed by atoms with van der Waals surface area (Å²) >= 11 is 0. The lowest BCUT2D eigenvalue weighted by Gasteiger charge is -2.33. The second kappa shape index (κ2) is 7.09. The smallest absolute Gasteiger partial charge is 0.0345 e. The van der Waals surface area contributed by atoms with Crippen LogP contribution in [0.4, 0.5) is 0 Å². The highest BCUT2D eigenvalue weighted by Gasteiger charge is 2.24. The first-order valence-corrected chi connectivity index (χ1v) is 7.99. The molecule has 1 heteroatoms. The molecule has 1 aromatic carbocycles. The maximum Gasteiger partial charge on any atom is 0.0345 e. The second-order valence-electron chi connectivity index (χ2n) is 6.49. The molecular formula is C18H29N. The van der Waals surface area contributed by atoms with Gasteiger partial charge in [-0.3, -0.25) is 0 Å². The molecule has 1 unspecified atom stereocenters. The van der Waals surface area contributed by atoms with Crippen molar-refractivity contribution < 1.29 is 0 Å². The van der Waals surface area contributed by atoms with Crippen molar-refractivity contribution in [2.45, 2.75) is 65.0 Å². The summed E-state index contributed by atoms with van der Waals surface area (Å²) in [4.78, 5) is 0. The molecule has 1 N–H and O–H groups in total. The number of benzene rings is 1. The van der Waals surface area contributed by atoms with Gasteiger partial charge in [0.1, 0.15) is 0 Å². The van der Waals surface area contributed by atoms with Crippen molar-refractivity contribution in [3.63, 3.8) is 0 Å². The van der Waals surface area contributed by atoms with Crippen LogP contribution in [0.1, 0.15) is 64.5 Å². The van der Waals surface area contributed by atoms with Gasteiger partial charge in [-0.15, -0.1) is 0 Å². The lowest BCUT2D eigenvalue weighted by atomic mass is 9.83. The van der Waals surface area contributed by atoms with Gasteiger partial charge in [-0.1, -0.05) is 63.4 Å². The average Bonchev–Trinajstić information content (AvgIpc) is 2.46. The molecule has 0 spiro atoms. The highest BCUT2D eigenvalue weighted by molar-refractivity contribution is 5.19. The van der Waals surface area contributed by atoms with Gasteiger partial charge in [0.15, 0.2) is 0 Å². The van der Waals surface area contributed by atoms with Crippen molar-refractivity contribution in [2.24, 2.45) is 11.8 Å². The van der Waals surface area contributed by atoms with Gasteiger partial charge in [-0.05, 0) is 37.2 Å². The summed E-state index contributed by atoms with van der Waals surface area (Å²) in [6, 6.07) is 12.0. The Morgan fingerprint density at radius 1 is 0.947 bits per heavy atom. The van der Waals surface area contributed by atoms with Crippen molar-refractivity contribution >= 4 is 0 Å². The fraction of sp³-hybridized carbons (Fsp3) is 0.667. The molecule has 2 atom stereocenters. The third kappa shape index (κ3) is 4.07. The normalized spacial score (nSPS) is 20.4. The zero-order valence-electron chi connectivity index (χ0n) is 12.7. The van der Waals surface area contributed by atoms with Crippen molar-refractivity contribution in [1.29, 1.82) is 0 Å². The fourth-order valence-electron chi connectivity index (χ4n) is 3.39. The average molecular weight is 259 g/mol. The van der Waals surface area contributed by atoms with Gasteiger partial charge in [0.05, 0.1) is 0 Å². The molecule has 19 heavy (non-hydrogen) atoms. The Morgan fingerprint density at radius 2 is 1.58 bits per heavy atom. The molecule has 0 aromatic heterocycles. The monoisotopic (exact) mass is 259 g/mol. The van der Waals surface area contributed by atoms with E-state index in [0.717, 1.165) is 5.92 Å². The summed E-state index contributed by atoms with van der Waals surface area (Å²) in [7, 11) is 0. The highest BCUT2D eigenvalue weighted by atomic mass is 15.0. The van der Waals surface area contributed by atoms with E-state index in [1.165, 1.54) is 37.7 Å². The molecule has 0 radical (unpaired) electrons. The van der Waals surface area contributed by atoms with Crippen LogP contribution < -0.4 is 5.32 Å². The topological polar surface area (TPSA) is 12.0 Å². The SMILES string of the molecule is CC(C)C(N[C@H](C)C1CCCCC1)c1ccccc1. The van der Waals surface area contributed by atoms with E-state index in [9.17, 15) is 0 Å². The van der Waals surface area contributed by atoms with Gasteiger partial charge in [0.2, 0.25) is 0 Å². The van der Waals surface area contributed by atoms with E-state index in [-0.39, 0.29) is 0 Å². The molecule has 1 aliphatic carbocycles. The summed E-state index contributed by atoms with van der Waals surface area (Å²) in [6.45, 7) is 7.02. The molecule has 0 saturated heterocycles. The van der Waals surface area contributed by atoms with E-state index in [0.29, 0.717) is 18.0 Å². The van der Waals surface area contributed by atoms with E-state index in [1.807, 2.05) is 0 Å². The summed E-state index contributed by atoms with van der Waals surface area (Å²) in [5.41, 5.74) is 1.43. The van der Waals surface area contributed by atoms with Crippen LogP contribution in [0, 0.1) is 11.8 Å². The molecular weight excluding hydrogens is 230 g/mol. The van der Waals surface area contributed by atoms with Gasteiger partial charge >= 0.3 is 0 Å². The molecule has 1 saturated carbocycles. The second-order valence-corrected chi connectivity index (χ2v) is 6.49. The standard InChI is InChI=1S/C18H29N/c1-14(2)18(17-12-8-5-9-13-17)19-15(3)16-10-6-4-7-11-16/h5,8-9,12-16,18-19H,4,6-7,10-11H2,1-3H3/t15-,18?/m1/s1. The van der Waals surface area contributed by atoms with Crippen molar-refractivity contribution in [3.8, 4) is 0 Å². The Kier molecular flexibility index (Phi) is 5.45. The van der Waals surface area contributed by atoms with Gasteiger partial charge in [0, 0.05) is 12.1 Å². The maximum atomic E-state index is 3.90. The van der Waals surface area contributed by atoms with Crippen molar-refractivity contribution in [2.75, 3.05) is 0 Å². The molecule has 106 valence electrons. The molecule has 1 fully saturated rings. The number of nitrogens with one attached hydrogen (secondary N) is 1. The van der Waals surface area contributed by atoms with Gasteiger partial charge in [-0.25, -0.2) is 0 Å². The van der Waals surface area contributed by atoms with E-state index in [4.69, 9.17) is 0 Å². The lowest BCUT2D eigenvalue weighted by molar-refractivity contribution is 0.246. The molecule has 1 aliphatic rings. The highest BCUT2D eigenvalue weighted by Crippen LogP contribution is 2.29. The molecule has 0 bridgehead atoms. The number of hydrogen-bond acceptors (Lipinski definition) is 1. The van der Waals surface area contributed by atoms with Crippen LogP contribution in [0.3, 0.4) is 0 Å². The van der Waals surface area contributed by atoms with Crippen LogP contribution in [-0.2, 0) is 0 Å². The van der Waals surface area contributed by atoms with E-state index in [1.54, 1.807) is 0 Å². The van der Waals surface area contributed by atoms with Gasteiger partial charge in [-0.2, -0.15) is 0 Å². The zero-order chi connectivity index (χ0) is 13.7. The Labute approximate surface area is 118 Å². The van der Waals surface area contributed by atoms with Crippen molar-refractivity contribution in [1.82, 2.24) is 5.32 Å². The predicted octanol–water partition coefficient (Wildman–Crippen LogP) is 4.94. The maximum absolute atomic E-state index is 3.90. The molecule has 0 amide bonds. The molecule has 0 aliphatic heterocycles. The molecule has 1 nitrogen and oxygen atoms in total. The Bertz CT molecular complexity index is 351. The van der Waals surface area contributed by atoms with Gasteiger partial charge < -0.3 is 5.32 Å².